The molecule has 5 nitrogen and oxygen atoms in total. The van der Waals surface area contributed by atoms with Gasteiger partial charge in [0.2, 0.25) is 5.91 Å². The minimum atomic E-state index is -0.678. The zero-order valence-corrected chi connectivity index (χ0v) is 15.4. The van der Waals surface area contributed by atoms with Gasteiger partial charge in [-0.2, -0.15) is 0 Å². The third-order valence-electron chi connectivity index (χ3n) is 4.56. The molecule has 0 aliphatic carbocycles. The highest BCUT2D eigenvalue weighted by atomic mass is 35.5. The van der Waals surface area contributed by atoms with Crippen molar-refractivity contribution in [3.05, 3.63) is 0 Å². The van der Waals surface area contributed by atoms with Gasteiger partial charge in [-0.25, -0.2) is 0 Å². The first kappa shape index (κ1) is 21.9. The Morgan fingerprint density at radius 2 is 2.00 bits per heavy atom. The van der Waals surface area contributed by atoms with Gasteiger partial charge in [0.1, 0.15) is 0 Å². The Hall–Kier alpha value is -0.0700. The van der Waals surface area contributed by atoms with E-state index in [0.29, 0.717) is 32.0 Å². The van der Waals surface area contributed by atoms with E-state index >= 15 is 0 Å². The Balaban J connectivity index is 0.00000220. The van der Waals surface area contributed by atoms with Gasteiger partial charge < -0.3 is 20.3 Å². The number of nitrogens with zero attached hydrogens (tertiary/aromatic N) is 2. The van der Waals surface area contributed by atoms with E-state index in [1.165, 1.54) is 6.42 Å². The summed E-state index contributed by atoms with van der Waals surface area (Å²) < 4.78 is 5.32. The second-order valence-electron chi connectivity index (χ2n) is 6.44. The van der Waals surface area contributed by atoms with Crippen molar-refractivity contribution in [1.82, 2.24) is 9.80 Å². The van der Waals surface area contributed by atoms with Crippen molar-refractivity contribution in [3.8, 4) is 0 Å². The van der Waals surface area contributed by atoms with E-state index in [1.54, 1.807) is 0 Å². The van der Waals surface area contributed by atoms with E-state index in [2.05, 4.69) is 18.9 Å². The van der Waals surface area contributed by atoms with Gasteiger partial charge in [0.05, 0.1) is 5.54 Å². The van der Waals surface area contributed by atoms with E-state index in [0.717, 1.165) is 32.6 Å². The minimum Gasteiger partial charge on any atom is -0.381 e. The molecule has 132 valence electrons. The van der Waals surface area contributed by atoms with Gasteiger partial charge in [-0.1, -0.05) is 6.92 Å². The first-order valence-electron chi connectivity index (χ1n) is 7.89. The summed E-state index contributed by atoms with van der Waals surface area (Å²) >= 11 is 0. The Labute approximate surface area is 146 Å². The third-order valence-corrected chi connectivity index (χ3v) is 4.56. The molecule has 0 bridgehead atoms. The Kier molecular flexibility index (Phi) is 9.90. The first-order chi connectivity index (χ1) is 9.55. The summed E-state index contributed by atoms with van der Waals surface area (Å²) in [6.07, 6.45) is 3.59. The molecule has 2 heterocycles. The van der Waals surface area contributed by atoms with Crippen LogP contribution in [0, 0.1) is 5.92 Å². The van der Waals surface area contributed by atoms with Crippen LogP contribution >= 0.6 is 24.8 Å². The van der Waals surface area contributed by atoms with Crippen LogP contribution in [0.1, 0.15) is 32.6 Å². The second-order valence-corrected chi connectivity index (χ2v) is 6.44. The highest BCUT2D eigenvalue weighted by Gasteiger charge is 2.41. The zero-order valence-electron chi connectivity index (χ0n) is 13.8. The maximum absolute atomic E-state index is 12.6. The lowest BCUT2D eigenvalue weighted by molar-refractivity contribution is -0.139. The van der Waals surface area contributed by atoms with Crippen LogP contribution in [0.25, 0.3) is 0 Å². The molecule has 2 rings (SSSR count). The van der Waals surface area contributed by atoms with Gasteiger partial charge in [-0.05, 0) is 45.2 Å². The van der Waals surface area contributed by atoms with Crippen LogP contribution in [0.5, 0.6) is 0 Å². The number of rotatable bonds is 5. The molecule has 7 heteroatoms. The van der Waals surface area contributed by atoms with Crippen LogP contribution < -0.4 is 5.73 Å². The molecule has 0 aromatic carbocycles. The molecule has 0 radical (unpaired) electrons. The molecule has 1 atom stereocenters. The highest BCUT2D eigenvalue weighted by Crippen LogP contribution is 2.25. The summed E-state index contributed by atoms with van der Waals surface area (Å²) in [5.74, 6) is 0.736. The van der Waals surface area contributed by atoms with Crippen molar-refractivity contribution in [1.29, 1.82) is 0 Å². The van der Waals surface area contributed by atoms with Crippen LogP contribution in [-0.4, -0.2) is 67.7 Å². The largest absolute Gasteiger partial charge is 0.381 e. The number of carbonyl (C=O) groups excluding carboxylic acids is 1. The van der Waals surface area contributed by atoms with Crippen molar-refractivity contribution >= 4 is 30.7 Å². The summed E-state index contributed by atoms with van der Waals surface area (Å²) in [7, 11) is 2.16. The van der Waals surface area contributed by atoms with Crippen LogP contribution in [0.2, 0.25) is 0 Å². The molecule has 0 saturated carbocycles. The number of ether oxygens (including phenoxy) is 1. The normalized spacial score (nSPS) is 23.8. The van der Waals surface area contributed by atoms with Crippen molar-refractivity contribution in [2.24, 2.45) is 11.7 Å². The van der Waals surface area contributed by atoms with Crippen LogP contribution in [-0.2, 0) is 9.53 Å². The third kappa shape index (κ3) is 5.53. The van der Waals surface area contributed by atoms with Gasteiger partial charge in [0.25, 0.3) is 0 Å². The molecule has 2 fully saturated rings. The number of amides is 1. The average Bonchev–Trinajstić information content (AvgIpc) is 2.87. The highest BCUT2D eigenvalue weighted by molar-refractivity contribution is 5.86. The Morgan fingerprint density at radius 3 is 2.59 bits per heavy atom. The number of hydrogen-bond acceptors (Lipinski definition) is 4. The van der Waals surface area contributed by atoms with Gasteiger partial charge in [0, 0.05) is 32.8 Å². The molecule has 2 N–H and O–H groups in total. The van der Waals surface area contributed by atoms with Crippen molar-refractivity contribution in [2.45, 2.75) is 38.1 Å². The second kappa shape index (κ2) is 9.93. The fourth-order valence-electron chi connectivity index (χ4n) is 3.34. The first-order valence-corrected chi connectivity index (χ1v) is 7.89. The molecule has 22 heavy (non-hydrogen) atoms. The predicted molar refractivity (Wildman–Crippen MR) is 93.9 cm³/mol. The molecule has 0 spiro atoms. The summed E-state index contributed by atoms with van der Waals surface area (Å²) in [6.45, 7) is 7.36. The standard InChI is InChI=1S/C15H29N3O2.2ClH/c1-3-7-17(2)11-13-4-8-18(12-13)14(19)15(16)5-9-20-10-6-15;;/h13H,3-12,16H2,1-2H3;2*1H. The molecule has 2 aliphatic heterocycles. The van der Waals surface area contributed by atoms with E-state index in [4.69, 9.17) is 10.5 Å². The van der Waals surface area contributed by atoms with E-state index in [9.17, 15) is 4.79 Å². The monoisotopic (exact) mass is 355 g/mol. The molecular formula is C15H31Cl2N3O2. The van der Waals surface area contributed by atoms with Crippen molar-refractivity contribution in [2.75, 3.05) is 46.4 Å². The summed E-state index contributed by atoms with van der Waals surface area (Å²) in [6, 6.07) is 0. The molecule has 2 saturated heterocycles. The summed E-state index contributed by atoms with van der Waals surface area (Å²) in [5, 5.41) is 0. The SMILES string of the molecule is CCCN(C)CC1CCN(C(=O)C2(N)CCOCC2)C1.Cl.Cl. The van der Waals surface area contributed by atoms with Gasteiger partial charge >= 0.3 is 0 Å². The smallest absolute Gasteiger partial charge is 0.242 e. The van der Waals surface area contributed by atoms with Crippen LogP contribution in [0.4, 0.5) is 0 Å². The molecule has 2 aliphatic rings. The Morgan fingerprint density at radius 1 is 1.36 bits per heavy atom. The average molecular weight is 356 g/mol. The number of carbonyl (C=O) groups is 1. The maximum atomic E-state index is 12.6. The van der Waals surface area contributed by atoms with Crippen molar-refractivity contribution in [3.63, 3.8) is 0 Å². The number of hydrogen-bond donors (Lipinski definition) is 1. The van der Waals surface area contributed by atoms with Gasteiger partial charge in [0.15, 0.2) is 0 Å². The van der Waals surface area contributed by atoms with Crippen LogP contribution in [0.3, 0.4) is 0 Å². The topological polar surface area (TPSA) is 58.8 Å². The van der Waals surface area contributed by atoms with Crippen molar-refractivity contribution < 1.29 is 9.53 Å². The number of halogens is 2. The molecule has 0 aromatic heterocycles. The lowest BCUT2D eigenvalue weighted by Crippen LogP contribution is -2.57. The van der Waals surface area contributed by atoms with Gasteiger partial charge in [-0.3, -0.25) is 4.79 Å². The predicted octanol–water partition coefficient (Wildman–Crippen LogP) is 1.53. The fraction of sp³-hybridized carbons (Fsp3) is 0.933. The minimum absolute atomic E-state index is 0. The number of nitrogens with two attached hydrogens (primary N) is 1. The fourth-order valence-corrected chi connectivity index (χ4v) is 3.34. The summed E-state index contributed by atoms with van der Waals surface area (Å²) in [4.78, 5) is 17.0. The molecule has 1 unspecified atom stereocenters. The maximum Gasteiger partial charge on any atom is 0.242 e. The van der Waals surface area contributed by atoms with Crippen LogP contribution in [0.15, 0.2) is 0 Å². The lowest BCUT2D eigenvalue weighted by Gasteiger charge is -2.35. The van der Waals surface area contributed by atoms with E-state index in [1.807, 2.05) is 4.90 Å². The molecule has 1 amide bonds. The van der Waals surface area contributed by atoms with Gasteiger partial charge in [-0.15, -0.1) is 24.8 Å². The lowest BCUT2D eigenvalue weighted by atomic mass is 9.90. The molecule has 0 aromatic rings. The number of likely N-dealkylation sites (tertiary alicyclic amines) is 1. The Bertz CT molecular complexity index is 339. The van der Waals surface area contributed by atoms with E-state index < -0.39 is 5.54 Å². The molecular weight excluding hydrogens is 325 g/mol. The summed E-state index contributed by atoms with van der Waals surface area (Å²) in [5.41, 5.74) is 5.62. The van der Waals surface area contributed by atoms with E-state index in [-0.39, 0.29) is 30.7 Å². The zero-order chi connectivity index (χ0) is 14.6. The quantitative estimate of drug-likeness (QED) is 0.812.